The molecule has 0 aliphatic carbocycles. The summed E-state index contributed by atoms with van der Waals surface area (Å²) in [5, 5.41) is 18.8. The minimum atomic E-state index is 0. The van der Waals surface area contributed by atoms with Gasteiger partial charge in [0.15, 0.2) is 0 Å². The number of aryl methyl sites for hydroxylation is 1. The van der Waals surface area contributed by atoms with Crippen molar-refractivity contribution in [3.8, 4) is 11.1 Å². The largest absolute Gasteiger partial charge is 0.336 e. The van der Waals surface area contributed by atoms with Gasteiger partial charge in [-0.15, -0.1) is 17.5 Å². The highest BCUT2D eigenvalue weighted by Gasteiger charge is 2.33. The highest BCUT2D eigenvalue weighted by molar-refractivity contribution is 5.85. The fourth-order valence-corrected chi connectivity index (χ4v) is 3.95. The van der Waals surface area contributed by atoms with Crippen LogP contribution in [0.15, 0.2) is 49.3 Å². The predicted molar refractivity (Wildman–Crippen MR) is 113 cm³/mol. The second-order valence-corrected chi connectivity index (χ2v) is 7.37. The van der Waals surface area contributed by atoms with Crippen LogP contribution in [-0.2, 0) is 7.05 Å². The molecule has 2 unspecified atom stereocenters. The summed E-state index contributed by atoms with van der Waals surface area (Å²) in [5.74, 6) is 0.823. The zero-order valence-corrected chi connectivity index (χ0v) is 17.0. The molecule has 2 aliphatic rings. The summed E-state index contributed by atoms with van der Waals surface area (Å²) in [5.41, 5.74) is 3.22. The summed E-state index contributed by atoms with van der Waals surface area (Å²) >= 11 is 0. The lowest BCUT2D eigenvalue weighted by Crippen LogP contribution is -2.51. The maximum absolute atomic E-state index is 4.73. The summed E-state index contributed by atoms with van der Waals surface area (Å²) < 4.78 is 3.74. The second-order valence-electron chi connectivity index (χ2n) is 7.37. The summed E-state index contributed by atoms with van der Waals surface area (Å²) in [6.45, 7) is 2.00. The molecular formula is C19H24ClN9. The molecule has 0 amide bonds. The molecule has 6 heterocycles. The minimum Gasteiger partial charge on any atom is -0.336 e. The Bertz CT molecular complexity index is 1030. The van der Waals surface area contributed by atoms with Crippen LogP contribution in [0.25, 0.3) is 16.6 Å². The molecule has 2 bridgehead atoms. The van der Waals surface area contributed by atoms with Gasteiger partial charge in [0.2, 0.25) is 5.95 Å². The number of aromatic nitrogens is 7. The van der Waals surface area contributed by atoms with Gasteiger partial charge in [-0.25, -0.2) is 9.50 Å². The number of fused-ring (bicyclic) bond motifs is 3. The van der Waals surface area contributed by atoms with Crippen LogP contribution >= 0.6 is 12.4 Å². The summed E-state index contributed by atoms with van der Waals surface area (Å²) in [7, 11) is 1.93. The highest BCUT2D eigenvalue weighted by Crippen LogP contribution is 2.25. The molecule has 0 saturated carbocycles. The Morgan fingerprint density at radius 2 is 1.90 bits per heavy atom. The first-order valence-corrected chi connectivity index (χ1v) is 9.54. The number of hydrogen-bond donors (Lipinski definition) is 2. The van der Waals surface area contributed by atoms with Crippen LogP contribution in [0.4, 0.5) is 5.95 Å². The van der Waals surface area contributed by atoms with Gasteiger partial charge in [0.05, 0.1) is 17.9 Å². The molecule has 0 aromatic carbocycles. The van der Waals surface area contributed by atoms with Crippen LogP contribution in [0.5, 0.6) is 0 Å². The monoisotopic (exact) mass is 413 g/mol. The van der Waals surface area contributed by atoms with Crippen molar-refractivity contribution >= 4 is 23.9 Å². The molecule has 0 radical (unpaired) electrons. The average Bonchev–Trinajstić information content (AvgIpc) is 3.49. The van der Waals surface area contributed by atoms with E-state index in [-0.39, 0.29) is 12.4 Å². The van der Waals surface area contributed by atoms with Gasteiger partial charge < -0.3 is 10.2 Å². The quantitative estimate of drug-likeness (QED) is 0.521. The third-order valence-corrected chi connectivity index (χ3v) is 5.28. The molecule has 4 aromatic rings. The van der Waals surface area contributed by atoms with Crippen LogP contribution in [0.3, 0.4) is 0 Å². The molecule has 4 aromatic heterocycles. The van der Waals surface area contributed by atoms with Crippen molar-refractivity contribution in [2.75, 3.05) is 18.0 Å². The number of halogens is 1. The van der Waals surface area contributed by atoms with Crippen LogP contribution < -0.4 is 10.2 Å². The van der Waals surface area contributed by atoms with Gasteiger partial charge in [-0.05, 0) is 25.0 Å². The topological polar surface area (TPSA) is 92.0 Å². The fourth-order valence-electron chi connectivity index (χ4n) is 3.95. The standard InChI is InChI=1S/C16H19N7.C3H4N2.ClH/c1-21-7-12(5-18-21)11-4-15-6-17-16(20-23(15)8-11)22-9-13-2-3-14(10-22)19-13;1-2-4-5-3-1;/h4-8,13-14,19H,2-3,9-10H2,1H3;1-3H,(H,4,5);1H. The minimum absolute atomic E-state index is 0. The first-order chi connectivity index (χ1) is 13.7. The first kappa shape index (κ1) is 19.4. The van der Waals surface area contributed by atoms with Gasteiger partial charge in [-0.1, -0.05) is 0 Å². The Morgan fingerprint density at radius 3 is 2.52 bits per heavy atom. The van der Waals surface area contributed by atoms with Crippen molar-refractivity contribution in [1.82, 2.24) is 39.9 Å². The van der Waals surface area contributed by atoms with E-state index < -0.39 is 0 Å². The van der Waals surface area contributed by atoms with Crippen molar-refractivity contribution in [2.24, 2.45) is 7.05 Å². The lowest BCUT2D eigenvalue weighted by atomic mass is 10.2. The third-order valence-electron chi connectivity index (χ3n) is 5.28. The number of aromatic amines is 1. The molecule has 10 heteroatoms. The van der Waals surface area contributed by atoms with E-state index in [1.165, 1.54) is 12.8 Å². The number of nitrogens with one attached hydrogen (secondary N) is 2. The van der Waals surface area contributed by atoms with Crippen molar-refractivity contribution < 1.29 is 0 Å². The van der Waals surface area contributed by atoms with E-state index in [1.807, 2.05) is 47.1 Å². The van der Waals surface area contributed by atoms with Crippen molar-refractivity contribution in [3.05, 3.63) is 49.3 Å². The average molecular weight is 414 g/mol. The molecule has 2 atom stereocenters. The molecular weight excluding hydrogens is 390 g/mol. The second kappa shape index (κ2) is 8.22. The van der Waals surface area contributed by atoms with E-state index >= 15 is 0 Å². The maximum atomic E-state index is 4.73. The zero-order chi connectivity index (χ0) is 18.9. The Kier molecular flexibility index (Phi) is 5.50. The van der Waals surface area contributed by atoms with Crippen molar-refractivity contribution in [2.45, 2.75) is 24.9 Å². The van der Waals surface area contributed by atoms with Crippen LogP contribution in [0.2, 0.25) is 0 Å². The molecule has 2 aliphatic heterocycles. The number of nitrogens with zero attached hydrogens (tertiary/aromatic N) is 7. The number of piperazine rings is 1. The molecule has 6 rings (SSSR count). The van der Waals surface area contributed by atoms with Crippen LogP contribution in [-0.4, -0.2) is 59.7 Å². The van der Waals surface area contributed by atoms with Gasteiger partial charge in [0.25, 0.3) is 0 Å². The zero-order valence-electron chi connectivity index (χ0n) is 16.1. The third kappa shape index (κ3) is 4.10. The normalized spacial score (nSPS) is 20.2. The first-order valence-electron chi connectivity index (χ1n) is 9.54. The van der Waals surface area contributed by atoms with Gasteiger partial charge in [0.1, 0.15) is 0 Å². The number of rotatable bonds is 2. The predicted octanol–water partition coefficient (Wildman–Crippen LogP) is 1.90. The highest BCUT2D eigenvalue weighted by atomic mass is 35.5. The van der Waals surface area contributed by atoms with E-state index in [2.05, 4.69) is 36.6 Å². The lowest BCUT2D eigenvalue weighted by molar-refractivity contribution is 0.459. The van der Waals surface area contributed by atoms with Gasteiger partial charge in [-0.2, -0.15) is 10.2 Å². The molecule has 152 valence electrons. The number of H-pyrrole nitrogens is 1. The Labute approximate surface area is 174 Å². The summed E-state index contributed by atoms with van der Waals surface area (Å²) in [6, 6.07) is 5.11. The summed E-state index contributed by atoms with van der Waals surface area (Å²) in [4.78, 5) is 6.89. The smallest absolute Gasteiger partial charge is 0.243 e. The van der Waals surface area contributed by atoms with E-state index in [9.17, 15) is 0 Å². The fraction of sp³-hybridized carbons (Fsp3) is 0.368. The lowest BCUT2D eigenvalue weighted by Gasteiger charge is -2.32. The molecule has 2 fully saturated rings. The van der Waals surface area contributed by atoms with E-state index in [4.69, 9.17) is 5.10 Å². The molecule has 2 N–H and O–H groups in total. The summed E-state index contributed by atoms with van der Waals surface area (Å²) in [6.07, 6.45) is 13.8. The number of anilines is 1. The maximum Gasteiger partial charge on any atom is 0.243 e. The van der Waals surface area contributed by atoms with Crippen LogP contribution in [0, 0.1) is 0 Å². The van der Waals surface area contributed by atoms with E-state index in [0.717, 1.165) is 35.7 Å². The molecule has 29 heavy (non-hydrogen) atoms. The van der Waals surface area contributed by atoms with Gasteiger partial charge >= 0.3 is 0 Å². The Balaban J connectivity index is 0.000000301. The van der Waals surface area contributed by atoms with Crippen molar-refractivity contribution in [1.29, 1.82) is 0 Å². The van der Waals surface area contributed by atoms with Gasteiger partial charge in [-0.3, -0.25) is 9.78 Å². The SMILES string of the molecule is Cl.Cn1cc(-c2cc3cnc(N4CC5CCC(C4)N5)nn3c2)cn1.c1cn[nH]c1. The molecule has 0 spiro atoms. The Morgan fingerprint density at radius 1 is 1.07 bits per heavy atom. The molecule has 9 nitrogen and oxygen atoms in total. The van der Waals surface area contributed by atoms with E-state index in [0.29, 0.717) is 12.1 Å². The Hall–Kier alpha value is -2.91. The van der Waals surface area contributed by atoms with E-state index in [1.54, 1.807) is 12.4 Å². The molecule has 2 saturated heterocycles. The van der Waals surface area contributed by atoms with Gasteiger partial charge in [0, 0.05) is 68.1 Å². The van der Waals surface area contributed by atoms with Crippen LogP contribution in [0.1, 0.15) is 12.8 Å². The number of hydrogen-bond acceptors (Lipinski definition) is 6. The van der Waals surface area contributed by atoms with Crippen molar-refractivity contribution in [3.63, 3.8) is 0 Å².